The fourth-order valence-electron chi connectivity index (χ4n) is 3.04. The highest BCUT2D eigenvalue weighted by Gasteiger charge is 2.13. The van der Waals surface area contributed by atoms with Gasteiger partial charge < -0.3 is 4.74 Å². The van der Waals surface area contributed by atoms with Gasteiger partial charge in [0.2, 0.25) is 0 Å². The van der Waals surface area contributed by atoms with Crippen LogP contribution in [-0.2, 0) is 4.74 Å². The zero-order valence-corrected chi connectivity index (χ0v) is 16.2. The number of carbonyl (C=O) groups excluding carboxylic acids is 1. The smallest absolute Gasteiger partial charge is 0.337 e. The number of ether oxygens (including phenoxy) is 1. The summed E-state index contributed by atoms with van der Waals surface area (Å²) in [5, 5.41) is 0. The highest BCUT2D eigenvalue weighted by molar-refractivity contribution is 5.90. The molecule has 3 aromatic heterocycles. The maximum atomic E-state index is 11.9. The van der Waals surface area contributed by atoms with Crippen LogP contribution in [0.15, 0.2) is 79.1 Å². The van der Waals surface area contributed by atoms with Gasteiger partial charge in [0.1, 0.15) is 0 Å². The Morgan fingerprint density at radius 2 is 1.48 bits per heavy atom. The van der Waals surface area contributed by atoms with Gasteiger partial charge in [-0.3, -0.25) is 9.97 Å². The van der Waals surface area contributed by atoms with Crippen LogP contribution >= 0.6 is 0 Å². The second-order valence-corrected chi connectivity index (χ2v) is 6.63. The van der Waals surface area contributed by atoms with Crippen LogP contribution in [0.1, 0.15) is 15.9 Å². The van der Waals surface area contributed by atoms with Gasteiger partial charge in [-0.1, -0.05) is 35.9 Å². The summed E-state index contributed by atoms with van der Waals surface area (Å²) in [4.78, 5) is 25.5. The van der Waals surface area contributed by atoms with E-state index in [-0.39, 0.29) is 0 Å². The van der Waals surface area contributed by atoms with E-state index < -0.39 is 5.97 Å². The molecule has 5 heteroatoms. The molecule has 0 aliphatic carbocycles. The van der Waals surface area contributed by atoms with E-state index in [2.05, 4.69) is 41.2 Å². The van der Waals surface area contributed by atoms with Gasteiger partial charge in [-0.05, 0) is 54.4 Å². The molecule has 4 aromatic rings. The molecular formula is C24H19N3O2. The summed E-state index contributed by atoms with van der Waals surface area (Å²) < 4.78 is 4.83. The number of benzene rings is 1. The Morgan fingerprint density at radius 1 is 0.759 bits per heavy atom. The summed E-state index contributed by atoms with van der Waals surface area (Å²) in [6.45, 7) is 2.06. The molecule has 142 valence electrons. The minimum Gasteiger partial charge on any atom is -0.465 e. The summed E-state index contributed by atoms with van der Waals surface area (Å²) in [5.74, 6) is -0.409. The van der Waals surface area contributed by atoms with Crippen molar-refractivity contribution in [3.63, 3.8) is 0 Å². The Balaban J connectivity index is 1.88. The van der Waals surface area contributed by atoms with E-state index in [0.717, 1.165) is 22.5 Å². The number of pyridine rings is 3. The quantitative estimate of drug-likeness (QED) is 0.467. The van der Waals surface area contributed by atoms with Crippen molar-refractivity contribution in [1.82, 2.24) is 15.0 Å². The summed E-state index contributed by atoms with van der Waals surface area (Å²) in [6.07, 6.45) is 3.33. The van der Waals surface area contributed by atoms with Gasteiger partial charge in [0, 0.05) is 12.4 Å². The van der Waals surface area contributed by atoms with Crippen LogP contribution in [0.25, 0.3) is 33.9 Å². The van der Waals surface area contributed by atoms with Gasteiger partial charge in [0.25, 0.3) is 0 Å². The lowest BCUT2D eigenvalue weighted by atomic mass is 10.0. The molecule has 4 rings (SSSR count). The normalized spacial score (nSPS) is 10.6. The highest BCUT2D eigenvalue weighted by atomic mass is 16.5. The highest BCUT2D eigenvalue weighted by Crippen LogP contribution is 2.29. The third-order valence-corrected chi connectivity index (χ3v) is 4.58. The number of carbonyl (C=O) groups is 1. The lowest BCUT2D eigenvalue weighted by Crippen LogP contribution is -2.02. The summed E-state index contributed by atoms with van der Waals surface area (Å²) in [6, 6.07) is 21.3. The number of nitrogens with zero attached hydrogens (tertiary/aromatic N) is 3. The van der Waals surface area contributed by atoms with Gasteiger partial charge in [0.15, 0.2) is 0 Å². The molecule has 0 aliphatic rings. The molecular weight excluding hydrogens is 362 g/mol. The van der Waals surface area contributed by atoms with Crippen LogP contribution in [0.4, 0.5) is 0 Å². The van der Waals surface area contributed by atoms with Crippen LogP contribution < -0.4 is 0 Å². The van der Waals surface area contributed by atoms with Crippen LogP contribution in [0.5, 0.6) is 0 Å². The SMILES string of the molecule is COC(=O)c1ccnc(-c2cc(-c3ccc(C)cc3)cc(-c3ccccn3)n2)c1. The van der Waals surface area contributed by atoms with Gasteiger partial charge in [-0.15, -0.1) is 0 Å². The first kappa shape index (κ1) is 18.5. The minimum atomic E-state index is -0.409. The zero-order chi connectivity index (χ0) is 20.2. The fraction of sp³-hybridized carbons (Fsp3) is 0.0833. The van der Waals surface area contributed by atoms with Crippen molar-refractivity contribution >= 4 is 5.97 Å². The summed E-state index contributed by atoms with van der Waals surface area (Å²) >= 11 is 0. The Labute approximate surface area is 169 Å². The topological polar surface area (TPSA) is 65.0 Å². The number of hydrogen-bond acceptors (Lipinski definition) is 5. The zero-order valence-electron chi connectivity index (χ0n) is 16.2. The molecule has 0 spiro atoms. The van der Waals surface area contributed by atoms with Gasteiger partial charge in [-0.2, -0.15) is 0 Å². The number of hydrogen-bond donors (Lipinski definition) is 0. The van der Waals surface area contributed by atoms with Crippen molar-refractivity contribution in [2.75, 3.05) is 7.11 Å². The maximum Gasteiger partial charge on any atom is 0.337 e. The third kappa shape index (κ3) is 4.04. The Hall–Kier alpha value is -3.86. The molecule has 5 nitrogen and oxygen atoms in total. The molecule has 1 aromatic carbocycles. The van der Waals surface area contributed by atoms with Crippen LogP contribution in [0.3, 0.4) is 0 Å². The van der Waals surface area contributed by atoms with E-state index in [4.69, 9.17) is 9.72 Å². The van der Waals surface area contributed by atoms with Gasteiger partial charge in [0.05, 0.1) is 35.4 Å². The van der Waals surface area contributed by atoms with Crippen molar-refractivity contribution in [3.8, 4) is 33.9 Å². The van der Waals surface area contributed by atoms with Crippen LogP contribution in [-0.4, -0.2) is 28.0 Å². The number of methoxy groups -OCH3 is 1. The monoisotopic (exact) mass is 381 g/mol. The molecule has 0 bridgehead atoms. The number of aryl methyl sites for hydroxylation is 1. The van der Waals surface area contributed by atoms with Crippen molar-refractivity contribution < 1.29 is 9.53 Å². The van der Waals surface area contributed by atoms with E-state index in [1.54, 1.807) is 24.5 Å². The molecule has 0 saturated carbocycles. The second kappa shape index (κ2) is 8.02. The number of esters is 1. The van der Waals surface area contributed by atoms with E-state index in [0.29, 0.717) is 17.0 Å². The van der Waals surface area contributed by atoms with E-state index in [1.807, 2.05) is 30.3 Å². The van der Waals surface area contributed by atoms with E-state index >= 15 is 0 Å². The van der Waals surface area contributed by atoms with Gasteiger partial charge >= 0.3 is 5.97 Å². The first-order valence-corrected chi connectivity index (χ1v) is 9.19. The molecule has 0 saturated heterocycles. The first-order chi connectivity index (χ1) is 14.1. The van der Waals surface area contributed by atoms with Crippen molar-refractivity contribution in [2.45, 2.75) is 6.92 Å². The van der Waals surface area contributed by atoms with Crippen molar-refractivity contribution in [2.24, 2.45) is 0 Å². The fourth-order valence-corrected chi connectivity index (χ4v) is 3.04. The lowest BCUT2D eigenvalue weighted by Gasteiger charge is -2.10. The molecule has 29 heavy (non-hydrogen) atoms. The van der Waals surface area contributed by atoms with Crippen LogP contribution in [0, 0.1) is 6.92 Å². The number of rotatable bonds is 4. The summed E-state index contributed by atoms with van der Waals surface area (Å²) in [5.41, 5.74) is 6.46. The van der Waals surface area contributed by atoms with Gasteiger partial charge in [-0.25, -0.2) is 9.78 Å². The maximum absolute atomic E-state index is 11.9. The van der Waals surface area contributed by atoms with Crippen LogP contribution in [0.2, 0.25) is 0 Å². The summed E-state index contributed by atoms with van der Waals surface area (Å²) in [7, 11) is 1.36. The third-order valence-electron chi connectivity index (χ3n) is 4.58. The predicted molar refractivity (Wildman–Crippen MR) is 112 cm³/mol. The Morgan fingerprint density at radius 3 is 2.17 bits per heavy atom. The standard InChI is InChI=1S/C24H19N3O2/c1-16-6-8-17(9-7-16)19-14-22(20-5-3-4-11-25-20)27-23(15-19)21-13-18(10-12-26-21)24(28)29-2/h3-15H,1-2H3. The molecule has 0 N–H and O–H groups in total. The van der Waals surface area contributed by atoms with E-state index in [1.165, 1.54) is 12.7 Å². The molecule has 0 atom stereocenters. The predicted octanol–water partition coefficient (Wildman–Crippen LogP) is 4.97. The number of aromatic nitrogens is 3. The molecule has 3 heterocycles. The second-order valence-electron chi connectivity index (χ2n) is 6.63. The van der Waals surface area contributed by atoms with E-state index in [9.17, 15) is 4.79 Å². The van der Waals surface area contributed by atoms with Crippen molar-refractivity contribution in [1.29, 1.82) is 0 Å². The average molecular weight is 381 g/mol. The molecule has 0 unspecified atom stereocenters. The first-order valence-electron chi connectivity index (χ1n) is 9.19. The lowest BCUT2D eigenvalue weighted by molar-refractivity contribution is 0.0600. The average Bonchev–Trinajstić information content (AvgIpc) is 2.79. The largest absolute Gasteiger partial charge is 0.465 e. The molecule has 0 amide bonds. The minimum absolute atomic E-state index is 0.409. The van der Waals surface area contributed by atoms with Crippen molar-refractivity contribution in [3.05, 3.63) is 90.3 Å². The molecule has 0 fully saturated rings. The Bertz CT molecular complexity index is 1160. The molecule has 0 radical (unpaired) electrons. The molecule has 0 aliphatic heterocycles. The Kier molecular flexibility index (Phi) is 5.12.